The molecule has 1 aromatic carbocycles. The van der Waals surface area contributed by atoms with Crippen molar-refractivity contribution in [2.24, 2.45) is 11.8 Å². The lowest BCUT2D eigenvalue weighted by Crippen LogP contribution is -2.56. The maximum absolute atomic E-state index is 14.8. The van der Waals surface area contributed by atoms with Gasteiger partial charge in [0, 0.05) is 6.42 Å². The Morgan fingerprint density at radius 2 is 1.81 bits per heavy atom. The van der Waals surface area contributed by atoms with Gasteiger partial charge in [-0.2, -0.15) is 0 Å². The average Bonchev–Trinajstić information content (AvgIpc) is 2.76. The van der Waals surface area contributed by atoms with Gasteiger partial charge in [-0.05, 0) is 23.8 Å². The van der Waals surface area contributed by atoms with Crippen LogP contribution < -0.4 is 10.6 Å². The van der Waals surface area contributed by atoms with Crippen LogP contribution in [0.5, 0.6) is 0 Å². The largest absolute Gasteiger partial charge is 0.445 e. The molecular formula is C24H36F2N2O4. The highest BCUT2D eigenvalue weighted by Crippen LogP contribution is 2.31. The van der Waals surface area contributed by atoms with E-state index in [4.69, 9.17) is 4.74 Å². The van der Waals surface area contributed by atoms with Crippen LogP contribution in [-0.4, -0.2) is 41.7 Å². The minimum Gasteiger partial charge on any atom is -0.445 e. The third-order valence-electron chi connectivity index (χ3n) is 5.76. The highest BCUT2D eigenvalue weighted by atomic mass is 19.3. The van der Waals surface area contributed by atoms with Crippen molar-refractivity contribution in [3.05, 3.63) is 35.9 Å². The summed E-state index contributed by atoms with van der Waals surface area (Å²) in [5.74, 6) is -3.91. The number of hydrogen-bond donors (Lipinski definition) is 3. The lowest BCUT2D eigenvalue weighted by atomic mass is 9.83. The normalized spacial score (nSPS) is 16.9. The summed E-state index contributed by atoms with van der Waals surface area (Å²) >= 11 is 0. The van der Waals surface area contributed by atoms with Gasteiger partial charge in [0.25, 0.3) is 5.92 Å². The Bertz CT molecular complexity index is 709. The lowest BCUT2D eigenvalue weighted by molar-refractivity contribution is -0.134. The van der Waals surface area contributed by atoms with E-state index < -0.39 is 36.6 Å². The van der Waals surface area contributed by atoms with Crippen LogP contribution in [0, 0.1) is 11.8 Å². The summed E-state index contributed by atoms with van der Waals surface area (Å²) in [5, 5.41) is 15.2. The predicted octanol–water partition coefficient (Wildman–Crippen LogP) is 4.41. The number of amides is 2. The molecule has 1 saturated carbocycles. The Hall–Kier alpha value is -2.22. The first-order chi connectivity index (χ1) is 15.2. The van der Waals surface area contributed by atoms with E-state index in [-0.39, 0.29) is 31.3 Å². The highest BCUT2D eigenvalue weighted by molar-refractivity contribution is 5.76. The monoisotopic (exact) mass is 454 g/mol. The minimum atomic E-state index is -3.60. The van der Waals surface area contributed by atoms with Crippen LogP contribution in [-0.2, 0) is 16.1 Å². The zero-order valence-electron chi connectivity index (χ0n) is 19.0. The van der Waals surface area contributed by atoms with E-state index in [1.54, 1.807) is 24.3 Å². The molecule has 32 heavy (non-hydrogen) atoms. The van der Waals surface area contributed by atoms with Crippen LogP contribution in [0.15, 0.2) is 30.3 Å². The van der Waals surface area contributed by atoms with Crippen LogP contribution in [0.4, 0.5) is 13.6 Å². The highest BCUT2D eigenvalue weighted by Gasteiger charge is 2.44. The third kappa shape index (κ3) is 9.10. The van der Waals surface area contributed by atoms with Gasteiger partial charge in [0.1, 0.15) is 12.7 Å². The number of halogens is 2. The predicted molar refractivity (Wildman–Crippen MR) is 118 cm³/mol. The van der Waals surface area contributed by atoms with E-state index in [2.05, 4.69) is 10.6 Å². The summed E-state index contributed by atoms with van der Waals surface area (Å²) in [6.45, 7) is 2.65. The molecule has 2 amide bonds. The van der Waals surface area contributed by atoms with Crippen molar-refractivity contribution < 1.29 is 28.2 Å². The Balaban J connectivity index is 1.99. The van der Waals surface area contributed by atoms with Crippen molar-refractivity contribution in [2.75, 3.05) is 6.54 Å². The second-order valence-electron chi connectivity index (χ2n) is 9.13. The van der Waals surface area contributed by atoms with Gasteiger partial charge in [-0.25, -0.2) is 13.6 Å². The van der Waals surface area contributed by atoms with Crippen molar-refractivity contribution in [1.82, 2.24) is 10.6 Å². The van der Waals surface area contributed by atoms with Crippen molar-refractivity contribution >= 4 is 12.0 Å². The van der Waals surface area contributed by atoms with Crippen LogP contribution in [0.25, 0.3) is 0 Å². The molecule has 1 aliphatic rings. The molecular weight excluding hydrogens is 418 g/mol. The fourth-order valence-electron chi connectivity index (χ4n) is 4.02. The van der Waals surface area contributed by atoms with Gasteiger partial charge >= 0.3 is 6.09 Å². The number of carbonyl (C=O) groups excluding carboxylic acids is 2. The average molecular weight is 455 g/mol. The van der Waals surface area contributed by atoms with Crippen LogP contribution in [0.2, 0.25) is 0 Å². The molecule has 2 unspecified atom stereocenters. The summed E-state index contributed by atoms with van der Waals surface area (Å²) in [6, 6.07) is 7.84. The number of hydrogen-bond acceptors (Lipinski definition) is 4. The van der Waals surface area contributed by atoms with Crippen molar-refractivity contribution in [3.8, 4) is 0 Å². The fourth-order valence-corrected chi connectivity index (χ4v) is 4.02. The van der Waals surface area contributed by atoms with E-state index in [1.807, 2.05) is 19.9 Å². The number of aliphatic hydroxyl groups is 1. The van der Waals surface area contributed by atoms with Crippen molar-refractivity contribution in [1.29, 1.82) is 0 Å². The zero-order valence-corrected chi connectivity index (χ0v) is 19.0. The summed E-state index contributed by atoms with van der Waals surface area (Å²) < 4.78 is 34.7. The molecule has 0 spiro atoms. The van der Waals surface area contributed by atoms with Gasteiger partial charge in [-0.15, -0.1) is 0 Å². The Labute approximate surface area is 189 Å². The third-order valence-corrected chi connectivity index (χ3v) is 5.76. The fraction of sp³-hybridized carbons (Fsp3) is 0.667. The number of alkyl carbamates (subject to hydrolysis) is 1. The number of alkyl halides is 2. The standard InChI is InChI=1S/C24H36F2N2O4/c1-17(2)13-21(29)27-16-24(25,26)22(30)20(14-18-9-5-3-6-10-18)28-23(31)32-15-19-11-7-4-8-12-19/h4,7-8,11-12,17-18,20,22,30H,3,5-6,9-10,13-16H2,1-2H3,(H,27,29)(H,28,31). The van der Waals surface area contributed by atoms with Crippen molar-refractivity contribution in [2.45, 2.75) is 83.5 Å². The molecule has 1 aliphatic carbocycles. The van der Waals surface area contributed by atoms with E-state index in [9.17, 15) is 23.5 Å². The number of aliphatic hydroxyl groups excluding tert-OH is 1. The maximum Gasteiger partial charge on any atom is 0.407 e. The van der Waals surface area contributed by atoms with Crippen LogP contribution in [0.1, 0.15) is 64.4 Å². The maximum atomic E-state index is 14.8. The zero-order chi connectivity index (χ0) is 23.6. The summed E-state index contributed by atoms with van der Waals surface area (Å²) in [7, 11) is 0. The number of ether oxygens (including phenoxy) is 1. The summed E-state index contributed by atoms with van der Waals surface area (Å²) in [4.78, 5) is 24.1. The molecule has 0 aromatic heterocycles. The second kappa shape index (κ2) is 12.7. The molecule has 180 valence electrons. The van der Waals surface area contributed by atoms with Crippen LogP contribution in [0.3, 0.4) is 0 Å². The summed E-state index contributed by atoms with van der Waals surface area (Å²) in [6.07, 6.45) is 2.23. The SMILES string of the molecule is CC(C)CC(=O)NCC(F)(F)C(O)C(CC1CCCCC1)NC(=O)OCc1ccccc1. The molecule has 0 bridgehead atoms. The number of benzene rings is 1. The first-order valence-corrected chi connectivity index (χ1v) is 11.5. The first-order valence-electron chi connectivity index (χ1n) is 11.5. The molecule has 6 nitrogen and oxygen atoms in total. The molecule has 3 N–H and O–H groups in total. The molecule has 0 heterocycles. The lowest BCUT2D eigenvalue weighted by Gasteiger charge is -2.33. The first kappa shape index (κ1) is 26.0. The Morgan fingerprint density at radius 3 is 2.44 bits per heavy atom. The van der Waals surface area contributed by atoms with Gasteiger partial charge in [0.2, 0.25) is 5.91 Å². The van der Waals surface area contributed by atoms with Gasteiger partial charge in [0.05, 0.1) is 12.6 Å². The van der Waals surface area contributed by atoms with E-state index >= 15 is 0 Å². The number of nitrogens with one attached hydrogen (secondary N) is 2. The number of rotatable bonds is 11. The molecule has 0 radical (unpaired) electrons. The smallest absolute Gasteiger partial charge is 0.407 e. The molecule has 1 fully saturated rings. The molecule has 8 heteroatoms. The van der Waals surface area contributed by atoms with Gasteiger partial charge in [-0.3, -0.25) is 4.79 Å². The topological polar surface area (TPSA) is 87.7 Å². The Kier molecular flexibility index (Phi) is 10.4. The van der Waals surface area contributed by atoms with E-state index in [1.165, 1.54) is 0 Å². The van der Waals surface area contributed by atoms with E-state index in [0.29, 0.717) is 0 Å². The van der Waals surface area contributed by atoms with Crippen molar-refractivity contribution in [3.63, 3.8) is 0 Å². The minimum absolute atomic E-state index is 0.000565. The Morgan fingerprint density at radius 1 is 1.16 bits per heavy atom. The second-order valence-corrected chi connectivity index (χ2v) is 9.13. The molecule has 0 saturated heterocycles. The quantitative estimate of drug-likeness (QED) is 0.462. The molecule has 0 aliphatic heterocycles. The molecule has 2 atom stereocenters. The van der Waals surface area contributed by atoms with Gasteiger partial charge < -0.3 is 20.5 Å². The van der Waals surface area contributed by atoms with Gasteiger partial charge in [-0.1, -0.05) is 76.3 Å². The van der Waals surface area contributed by atoms with E-state index in [0.717, 1.165) is 37.7 Å². The van der Waals surface area contributed by atoms with Gasteiger partial charge in [0.15, 0.2) is 0 Å². The molecule has 2 rings (SSSR count). The number of carbonyl (C=O) groups is 2. The molecule has 1 aromatic rings. The van der Waals surface area contributed by atoms with Crippen LogP contribution >= 0.6 is 0 Å². The summed E-state index contributed by atoms with van der Waals surface area (Å²) in [5.41, 5.74) is 0.769.